The van der Waals surface area contributed by atoms with Crippen LogP contribution in [0.4, 0.5) is 0 Å². The number of carbonyl (C=O) groups is 1. The fourth-order valence-electron chi connectivity index (χ4n) is 1.71. The van der Waals surface area contributed by atoms with Gasteiger partial charge in [-0.1, -0.05) is 11.6 Å². The minimum absolute atomic E-state index is 0.476. The Morgan fingerprint density at radius 3 is 3.25 bits per heavy atom. The predicted molar refractivity (Wildman–Crippen MR) is 61.8 cm³/mol. The first kappa shape index (κ1) is 11.8. The monoisotopic (exact) mass is 261 g/mol. The van der Waals surface area contributed by atoms with Gasteiger partial charge in [-0.15, -0.1) is 11.3 Å². The highest BCUT2D eigenvalue weighted by Gasteiger charge is 2.28. The number of carboxylic acids is 1. The van der Waals surface area contributed by atoms with E-state index in [1.165, 1.54) is 11.3 Å². The minimum Gasteiger partial charge on any atom is -0.480 e. The van der Waals surface area contributed by atoms with Crippen LogP contribution in [0.5, 0.6) is 0 Å². The Morgan fingerprint density at radius 1 is 1.81 bits per heavy atom. The van der Waals surface area contributed by atoms with Gasteiger partial charge in [0, 0.05) is 19.6 Å². The third-order valence-corrected chi connectivity index (χ3v) is 3.60. The molecular formula is C9H12ClN3O2S. The second kappa shape index (κ2) is 5.09. The van der Waals surface area contributed by atoms with E-state index >= 15 is 0 Å². The molecule has 0 aromatic carbocycles. The van der Waals surface area contributed by atoms with Gasteiger partial charge in [-0.25, -0.2) is 4.98 Å². The van der Waals surface area contributed by atoms with E-state index in [0.29, 0.717) is 24.0 Å². The van der Waals surface area contributed by atoms with Crippen molar-refractivity contribution in [2.24, 2.45) is 0 Å². The number of thiazole rings is 1. The highest BCUT2D eigenvalue weighted by atomic mass is 35.5. The van der Waals surface area contributed by atoms with Gasteiger partial charge < -0.3 is 10.4 Å². The van der Waals surface area contributed by atoms with E-state index in [1.54, 1.807) is 6.20 Å². The summed E-state index contributed by atoms with van der Waals surface area (Å²) in [5.41, 5.74) is 0. The molecule has 1 fully saturated rings. The fourth-order valence-corrected chi connectivity index (χ4v) is 2.70. The van der Waals surface area contributed by atoms with Crippen molar-refractivity contribution in [3.8, 4) is 0 Å². The maximum Gasteiger partial charge on any atom is 0.322 e. The van der Waals surface area contributed by atoms with Crippen LogP contribution in [-0.4, -0.2) is 46.6 Å². The molecule has 1 atom stereocenters. The molecule has 0 saturated carbocycles. The SMILES string of the molecule is O=C(O)C1CNCCN1Cc1ncc(Cl)s1. The highest BCUT2D eigenvalue weighted by Crippen LogP contribution is 2.20. The van der Waals surface area contributed by atoms with E-state index in [0.717, 1.165) is 11.6 Å². The summed E-state index contributed by atoms with van der Waals surface area (Å²) in [5.74, 6) is -0.796. The van der Waals surface area contributed by atoms with E-state index in [9.17, 15) is 4.79 Å². The van der Waals surface area contributed by atoms with Crippen molar-refractivity contribution in [3.05, 3.63) is 15.5 Å². The molecule has 16 heavy (non-hydrogen) atoms. The van der Waals surface area contributed by atoms with Crippen LogP contribution in [0.25, 0.3) is 0 Å². The van der Waals surface area contributed by atoms with Crippen molar-refractivity contribution in [3.63, 3.8) is 0 Å². The zero-order valence-electron chi connectivity index (χ0n) is 8.52. The molecule has 88 valence electrons. The normalized spacial score (nSPS) is 22.2. The molecule has 2 heterocycles. The molecule has 0 aliphatic carbocycles. The first-order valence-corrected chi connectivity index (χ1v) is 6.14. The van der Waals surface area contributed by atoms with Gasteiger partial charge in [-0.05, 0) is 0 Å². The summed E-state index contributed by atoms with van der Waals surface area (Å²) in [6.45, 7) is 2.56. The van der Waals surface area contributed by atoms with Gasteiger partial charge >= 0.3 is 5.97 Å². The summed E-state index contributed by atoms with van der Waals surface area (Å²) in [6.07, 6.45) is 1.60. The third kappa shape index (κ3) is 2.70. The first-order chi connectivity index (χ1) is 7.66. The second-order valence-electron chi connectivity index (χ2n) is 3.59. The molecule has 2 rings (SSSR count). The van der Waals surface area contributed by atoms with Crippen LogP contribution in [0.1, 0.15) is 5.01 Å². The van der Waals surface area contributed by atoms with Gasteiger partial charge in [0.15, 0.2) is 0 Å². The Kier molecular flexibility index (Phi) is 3.75. The van der Waals surface area contributed by atoms with E-state index in [4.69, 9.17) is 16.7 Å². The average Bonchev–Trinajstić information content (AvgIpc) is 2.64. The van der Waals surface area contributed by atoms with Gasteiger partial charge in [0.2, 0.25) is 0 Å². The molecule has 0 bridgehead atoms. The fraction of sp³-hybridized carbons (Fsp3) is 0.556. The number of hydrogen-bond acceptors (Lipinski definition) is 5. The smallest absolute Gasteiger partial charge is 0.322 e. The Bertz CT molecular complexity index is 385. The largest absolute Gasteiger partial charge is 0.480 e. The highest BCUT2D eigenvalue weighted by molar-refractivity contribution is 7.15. The Hall–Kier alpha value is -0.690. The quantitative estimate of drug-likeness (QED) is 0.837. The first-order valence-electron chi connectivity index (χ1n) is 4.94. The lowest BCUT2D eigenvalue weighted by Gasteiger charge is -2.32. The van der Waals surface area contributed by atoms with Crippen molar-refractivity contribution in [2.45, 2.75) is 12.6 Å². The molecular weight excluding hydrogens is 250 g/mol. The topological polar surface area (TPSA) is 65.5 Å². The molecule has 1 unspecified atom stereocenters. The van der Waals surface area contributed by atoms with Crippen LogP contribution >= 0.6 is 22.9 Å². The van der Waals surface area contributed by atoms with Crippen molar-refractivity contribution in [1.82, 2.24) is 15.2 Å². The molecule has 2 N–H and O–H groups in total. The van der Waals surface area contributed by atoms with Crippen LogP contribution in [-0.2, 0) is 11.3 Å². The summed E-state index contributed by atoms with van der Waals surface area (Å²) < 4.78 is 0.636. The van der Waals surface area contributed by atoms with Gasteiger partial charge in [0.1, 0.15) is 15.4 Å². The van der Waals surface area contributed by atoms with Crippen molar-refractivity contribution in [1.29, 1.82) is 0 Å². The number of piperazine rings is 1. The van der Waals surface area contributed by atoms with Crippen LogP contribution in [0, 0.1) is 0 Å². The molecule has 5 nitrogen and oxygen atoms in total. The summed E-state index contributed by atoms with van der Waals surface area (Å²) in [4.78, 5) is 17.1. The van der Waals surface area contributed by atoms with Crippen LogP contribution in [0.15, 0.2) is 6.20 Å². The molecule has 1 aromatic heterocycles. The lowest BCUT2D eigenvalue weighted by molar-refractivity contribution is -0.144. The standard InChI is InChI=1S/C9H12ClN3O2S/c10-7-4-12-8(16-7)5-13-2-1-11-3-6(13)9(14)15/h4,6,11H,1-3,5H2,(H,14,15). The Balaban J connectivity index is 2.03. The maximum atomic E-state index is 11.0. The van der Waals surface area contributed by atoms with Crippen LogP contribution in [0.3, 0.4) is 0 Å². The Labute approximate surface area is 102 Å². The maximum absolute atomic E-state index is 11.0. The van der Waals surface area contributed by atoms with Gasteiger partial charge in [-0.3, -0.25) is 9.69 Å². The van der Waals surface area contributed by atoms with Gasteiger partial charge in [0.25, 0.3) is 0 Å². The lowest BCUT2D eigenvalue weighted by Crippen LogP contribution is -2.54. The van der Waals surface area contributed by atoms with E-state index < -0.39 is 12.0 Å². The molecule has 1 aliphatic heterocycles. The summed E-state index contributed by atoms with van der Waals surface area (Å²) in [7, 11) is 0. The number of aliphatic carboxylic acids is 1. The Morgan fingerprint density at radius 2 is 2.62 bits per heavy atom. The van der Waals surface area contributed by atoms with Gasteiger partial charge in [0.05, 0.1) is 12.7 Å². The van der Waals surface area contributed by atoms with E-state index in [-0.39, 0.29) is 0 Å². The zero-order chi connectivity index (χ0) is 11.5. The van der Waals surface area contributed by atoms with Crippen LogP contribution < -0.4 is 5.32 Å². The number of aromatic nitrogens is 1. The summed E-state index contributed by atoms with van der Waals surface area (Å²) in [6, 6.07) is -0.476. The average molecular weight is 262 g/mol. The number of carboxylic acid groups (broad SMARTS) is 1. The number of rotatable bonds is 3. The predicted octanol–water partition coefficient (Wildman–Crippen LogP) is 0.655. The van der Waals surface area contributed by atoms with Gasteiger partial charge in [-0.2, -0.15) is 0 Å². The molecule has 0 spiro atoms. The molecule has 0 radical (unpaired) electrons. The van der Waals surface area contributed by atoms with Crippen molar-refractivity contribution < 1.29 is 9.90 Å². The lowest BCUT2D eigenvalue weighted by atomic mass is 10.2. The second-order valence-corrected chi connectivity index (χ2v) is 5.33. The molecule has 1 aromatic rings. The van der Waals surface area contributed by atoms with E-state index in [1.807, 2.05) is 4.90 Å². The minimum atomic E-state index is -0.796. The van der Waals surface area contributed by atoms with Crippen LogP contribution in [0.2, 0.25) is 4.34 Å². The molecule has 1 aliphatic rings. The zero-order valence-corrected chi connectivity index (χ0v) is 10.1. The number of hydrogen-bond donors (Lipinski definition) is 2. The van der Waals surface area contributed by atoms with Crippen molar-refractivity contribution in [2.75, 3.05) is 19.6 Å². The number of halogens is 1. The van der Waals surface area contributed by atoms with E-state index in [2.05, 4.69) is 10.3 Å². The number of nitrogens with one attached hydrogen (secondary N) is 1. The molecule has 0 amide bonds. The molecule has 7 heteroatoms. The third-order valence-electron chi connectivity index (χ3n) is 2.50. The number of nitrogens with zero attached hydrogens (tertiary/aromatic N) is 2. The molecule has 1 saturated heterocycles. The summed E-state index contributed by atoms with van der Waals surface area (Å²) in [5, 5.41) is 13.0. The summed E-state index contributed by atoms with van der Waals surface area (Å²) >= 11 is 7.18. The van der Waals surface area contributed by atoms with Crippen molar-refractivity contribution >= 4 is 28.9 Å².